The molecule has 7 rings (SSSR count). The summed E-state index contributed by atoms with van der Waals surface area (Å²) in [5, 5.41) is 18.4. The van der Waals surface area contributed by atoms with Crippen LogP contribution in [0.5, 0.6) is 11.5 Å². The summed E-state index contributed by atoms with van der Waals surface area (Å²) in [6.07, 6.45) is -11.3. The van der Waals surface area contributed by atoms with Gasteiger partial charge in [-0.05, 0) is 152 Å². The van der Waals surface area contributed by atoms with E-state index < -0.39 is 104 Å². The lowest BCUT2D eigenvalue weighted by atomic mass is 9.86. The van der Waals surface area contributed by atoms with Gasteiger partial charge in [0.2, 0.25) is 0 Å². The Morgan fingerprint density at radius 1 is 0.753 bits per heavy atom. The first kappa shape index (κ1) is 55.3. The predicted molar refractivity (Wildman–Crippen MR) is 260 cm³/mol. The number of anilines is 4. The normalized spacial score (nSPS) is 19.0. The molecule has 0 aromatic heterocycles. The second kappa shape index (κ2) is 19.5. The van der Waals surface area contributed by atoms with Crippen LogP contribution in [-0.4, -0.2) is 79.8 Å². The number of likely N-dealkylation sites (tertiary alicyclic amines) is 1. The van der Waals surface area contributed by atoms with E-state index in [-0.39, 0.29) is 70.9 Å². The van der Waals surface area contributed by atoms with Crippen molar-refractivity contribution in [1.82, 2.24) is 11.1 Å². The fraction of sp³-hybridized carbons (Fsp3) is 0.367. The lowest BCUT2D eigenvalue weighted by Gasteiger charge is -2.39. The van der Waals surface area contributed by atoms with Crippen molar-refractivity contribution in [2.24, 2.45) is 5.92 Å². The lowest BCUT2D eigenvalue weighted by Crippen LogP contribution is -2.52. The molecule has 0 radical (unpaired) electrons. The van der Waals surface area contributed by atoms with Crippen LogP contribution < -0.4 is 30.5 Å². The maximum Gasteiger partial charge on any atom is 0.417 e. The van der Waals surface area contributed by atoms with E-state index in [9.17, 15) is 47.1 Å². The highest BCUT2D eigenvalue weighted by molar-refractivity contribution is 7.81. The first-order valence-corrected chi connectivity index (χ1v) is 22.8. The zero-order valence-electron chi connectivity index (χ0n) is 40.0. The van der Waals surface area contributed by atoms with Crippen molar-refractivity contribution in [3.8, 4) is 17.6 Å². The number of carbonyl (C=O) groups excluding carboxylic acids is 4. The Labute approximate surface area is 424 Å². The predicted octanol–water partition coefficient (Wildman–Crippen LogP) is 10.9. The minimum atomic E-state index is -5.21. The Balaban J connectivity index is 0.00000869. The fourth-order valence-electron chi connectivity index (χ4n) is 8.78. The Morgan fingerprint density at radius 3 is 1.74 bits per heavy atom. The molecule has 3 heterocycles. The topological polar surface area (TPSA) is 182 Å². The Bertz CT molecular complexity index is 2990. The van der Waals surface area contributed by atoms with Crippen LogP contribution in [0, 0.1) is 28.9 Å². The number of Topliss-reactive ketones (excluding diaryl/α,β-unsaturated/α-hetero) is 1. The number of amides is 3. The molecule has 3 fully saturated rings. The van der Waals surface area contributed by atoms with Gasteiger partial charge in [-0.2, -0.15) is 31.6 Å². The number of aromatic hydroxyl groups is 1. The summed E-state index contributed by atoms with van der Waals surface area (Å²) >= 11 is 11.1. The van der Waals surface area contributed by atoms with Gasteiger partial charge >= 0.3 is 18.4 Å². The molecule has 4 aromatic rings. The van der Waals surface area contributed by atoms with Crippen molar-refractivity contribution in [1.29, 1.82) is 5.26 Å². The quantitative estimate of drug-likeness (QED) is 0.0919. The molecule has 0 bridgehead atoms. The molecule has 4 aromatic carbocycles. The van der Waals surface area contributed by atoms with Gasteiger partial charge in [-0.3, -0.25) is 29.1 Å². The average Bonchev–Trinajstić information content (AvgIpc) is 3.58. The number of ether oxygens (including phenoxy) is 2. The highest BCUT2D eigenvalue weighted by Gasteiger charge is 2.53. The highest BCUT2D eigenvalue weighted by Crippen LogP contribution is 2.44. The van der Waals surface area contributed by atoms with E-state index in [1.807, 2.05) is 0 Å². The number of nitriles is 1. The Morgan fingerprint density at radius 2 is 1.25 bits per heavy atom. The van der Waals surface area contributed by atoms with Crippen molar-refractivity contribution in [2.45, 2.75) is 96.4 Å². The van der Waals surface area contributed by atoms with Crippen LogP contribution in [-0.2, 0) is 26.7 Å². The van der Waals surface area contributed by atoms with Gasteiger partial charge in [0.25, 0.3) is 11.8 Å². The maximum absolute atomic E-state index is 16.0. The molecular weight excluding hydrogens is 1010 g/mol. The van der Waals surface area contributed by atoms with Crippen LogP contribution in [0.4, 0.5) is 62.7 Å². The van der Waals surface area contributed by atoms with Gasteiger partial charge in [-0.15, -0.1) is 0 Å². The van der Waals surface area contributed by atoms with Crippen molar-refractivity contribution in [2.75, 3.05) is 32.8 Å². The van der Waals surface area contributed by atoms with Crippen LogP contribution in [0.15, 0.2) is 72.8 Å². The first-order valence-electron chi connectivity index (χ1n) is 21.9. The number of hydrogen-bond donors (Lipinski definition) is 2. The minimum Gasteiger partial charge on any atom is -0.505 e. The molecule has 388 valence electrons. The molecular formula is C49H47F8N7O7S2. The van der Waals surface area contributed by atoms with Crippen LogP contribution in [0.3, 0.4) is 0 Å². The third kappa shape index (κ3) is 10.3. The summed E-state index contributed by atoms with van der Waals surface area (Å²) in [6.45, 7) is 9.84. The van der Waals surface area contributed by atoms with E-state index in [4.69, 9.17) is 33.9 Å². The van der Waals surface area contributed by atoms with Gasteiger partial charge in [0.15, 0.2) is 39.1 Å². The first-order chi connectivity index (χ1) is 33.3. The molecule has 0 saturated carbocycles. The van der Waals surface area contributed by atoms with E-state index in [1.54, 1.807) is 20.8 Å². The van der Waals surface area contributed by atoms with E-state index in [0.29, 0.717) is 12.1 Å². The highest BCUT2D eigenvalue weighted by atomic mass is 32.1. The number of rotatable bonds is 9. The number of phenolic OH excluding ortho intramolecular Hbond substituents is 1. The van der Waals surface area contributed by atoms with E-state index in [0.717, 1.165) is 57.2 Å². The molecule has 0 spiro atoms. The fourth-order valence-corrected chi connectivity index (χ4v) is 9.83. The maximum atomic E-state index is 16.0. The van der Waals surface area contributed by atoms with Gasteiger partial charge in [0.05, 0.1) is 46.8 Å². The molecule has 2 unspecified atom stereocenters. The van der Waals surface area contributed by atoms with E-state index >= 15 is 17.6 Å². The third-order valence-corrected chi connectivity index (χ3v) is 13.1. The third-order valence-electron chi connectivity index (χ3n) is 12.3. The lowest BCUT2D eigenvalue weighted by molar-refractivity contribution is -0.138. The summed E-state index contributed by atoms with van der Waals surface area (Å²) in [5.41, 5.74) is -9.10. The molecule has 0 aliphatic carbocycles. The molecule has 24 heteroatoms. The number of thiocarbonyl (C=S) groups is 2. The van der Waals surface area contributed by atoms with Gasteiger partial charge in [0, 0.05) is 35.6 Å². The van der Waals surface area contributed by atoms with Crippen LogP contribution >= 0.6 is 24.4 Å². The summed E-state index contributed by atoms with van der Waals surface area (Å²) in [5.74, 6) is -6.38. The average molecular weight is 1060 g/mol. The summed E-state index contributed by atoms with van der Waals surface area (Å²) < 4.78 is 129. The number of alkyl halides is 6. The Kier molecular flexibility index (Phi) is 14.8. The number of piperidine rings is 1. The van der Waals surface area contributed by atoms with E-state index in [1.165, 1.54) is 61.8 Å². The van der Waals surface area contributed by atoms with Crippen molar-refractivity contribution in [3.05, 3.63) is 107 Å². The van der Waals surface area contributed by atoms with Crippen molar-refractivity contribution >= 4 is 81.1 Å². The molecule has 73 heavy (non-hydrogen) atoms. The van der Waals surface area contributed by atoms with Crippen molar-refractivity contribution < 1.29 is 68.9 Å². The van der Waals surface area contributed by atoms with Gasteiger partial charge in [-0.1, -0.05) is 0 Å². The molecule has 2 atom stereocenters. The second-order valence-corrected chi connectivity index (χ2v) is 19.9. The van der Waals surface area contributed by atoms with E-state index in [2.05, 4.69) is 0 Å². The summed E-state index contributed by atoms with van der Waals surface area (Å²) in [4.78, 5) is 60.8. The molecule has 3 aliphatic rings. The van der Waals surface area contributed by atoms with Gasteiger partial charge in [0.1, 0.15) is 16.7 Å². The molecule has 14 nitrogen and oxygen atoms in total. The molecule has 4 N–H and O–H groups in total. The standard InChI is InChI=1S/C49H44F8N6O7S2.H3N/c1-45(2,3)70-44(68)59-17-16-25(24-69-38-15-12-30(22-35(38)51)63-42(71)60(40(66)47(63,6)7)27-9-8-26(23-58)32(19-27)48(52,53)54)18-36(59)39(65)31-13-10-28(20-33(31)49(55,56)57)61-41(67)46(4,5)62(43(61)72)29-11-14-37(64)34(50)21-29;/h8-15,19-22,25,36,64H,16-18,24H2,1-7H3;1H3. The number of ketones is 1. The number of nitrogens with zero attached hydrogens (tertiary/aromatic N) is 6. The van der Waals surface area contributed by atoms with Gasteiger partial charge in [-0.25, -0.2) is 13.6 Å². The SMILES string of the molecule is CC(C)(C)OC(=O)N1CCC(COc2ccc(N3C(=S)N(c4ccc(C#N)c(C(F)(F)F)c4)C(=O)C3(C)C)cc2F)CC1C(=O)c1ccc(N2C(=O)C(C)(C)N(c3ccc(O)c(F)c3)C2=S)cc1C(F)(F)F.N. The zero-order chi connectivity index (χ0) is 53.4. The second-order valence-electron chi connectivity index (χ2n) is 19.2. The largest absolute Gasteiger partial charge is 0.505 e. The number of phenols is 1. The number of hydrogen-bond acceptors (Lipinski definition) is 11. The smallest absolute Gasteiger partial charge is 0.417 e. The zero-order valence-corrected chi connectivity index (χ0v) is 41.7. The van der Waals surface area contributed by atoms with Crippen LogP contribution in [0.25, 0.3) is 0 Å². The summed E-state index contributed by atoms with van der Waals surface area (Å²) in [7, 11) is 0. The van der Waals surface area contributed by atoms with Crippen molar-refractivity contribution in [3.63, 3.8) is 0 Å². The molecule has 3 aliphatic heterocycles. The number of carbonyl (C=O) groups is 4. The Hall–Kier alpha value is -6.97. The van der Waals surface area contributed by atoms with Crippen LogP contribution in [0.1, 0.15) is 88.4 Å². The number of halogens is 8. The number of benzene rings is 4. The monoisotopic (exact) mass is 1060 g/mol. The molecule has 3 saturated heterocycles. The molecule has 3 amide bonds. The van der Waals surface area contributed by atoms with Crippen LogP contribution in [0.2, 0.25) is 0 Å². The van der Waals surface area contributed by atoms with Gasteiger partial charge < -0.3 is 30.5 Å². The minimum absolute atomic E-state index is 0. The summed E-state index contributed by atoms with van der Waals surface area (Å²) in [6, 6.07) is 11.8.